The van der Waals surface area contributed by atoms with Gasteiger partial charge in [0.2, 0.25) is 0 Å². The first-order chi connectivity index (χ1) is 9.10. The van der Waals surface area contributed by atoms with Crippen LogP contribution >= 0.6 is 22.6 Å². The lowest BCUT2D eigenvalue weighted by Gasteiger charge is -2.08. The number of aryl methyl sites for hydroxylation is 1. The normalized spacial score (nSPS) is 10.1. The molecule has 0 saturated heterocycles. The van der Waals surface area contributed by atoms with Crippen molar-refractivity contribution in [1.82, 2.24) is 0 Å². The zero-order valence-electron chi connectivity index (χ0n) is 10.7. The topological polar surface area (TPSA) is 38.3 Å². The molecular formula is C15H14INO2. The van der Waals surface area contributed by atoms with Crippen LogP contribution in [0, 0.1) is 10.5 Å². The summed E-state index contributed by atoms with van der Waals surface area (Å²) in [6.07, 6.45) is 0. The van der Waals surface area contributed by atoms with E-state index < -0.39 is 0 Å². The first kappa shape index (κ1) is 13.9. The summed E-state index contributed by atoms with van der Waals surface area (Å²) in [5.41, 5.74) is 2.54. The van der Waals surface area contributed by atoms with Crippen LogP contribution < -0.4 is 10.1 Å². The van der Waals surface area contributed by atoms with Gasteiger partial charge in [-0.1, -0.05) is 17.7 Å². The Morgan fingerprint density at radius 1 is 1.21 bits per heavy atom. The van der Waals surface area contributed by atoms with Crippen LogP contribution in [-0.2, 0) is 0 Å². The van der Waals surface area contributed by atoms with Gasteiger partial charge in [-0.25, -0.2) is 0 Å². The standard InChI is InChI=1S/C15H14INO2/c1-10-6-7-13(14(16)8-10)15(18)17-11-4-3-5-12(9-11)19-2/h3-9H,1-2H3,(H,17,18). The number of methoxy groups -OCH3 is 1. The molecular weight excluding hydrogens is 353 g/mol. The molecule has 0 atom stereocenters. The second-order valence-electron chi connectivity index (χ2n) is 4.17. The SMILES string of the molecule is COc1cccc(NC(=O)c2ccc(C)cc2I)c1. The molecule has 1 amide bonds. The van der Waals surface area contributed by atoms with Crippen molar-refractivity contribution in [3.8, 4) is 5.75 Å². The predicted octanol–water partition coefficient (Wildman–Crippen LogP) is 3.86. The van der Waals surface area contributed by atoms with E-state index in [-0.39, 0.29) is 5.91 Å². The molecule has 98 valence electrons. The summed E-state index contributed by atoms with van der Waals surface area (Å²) >= 11 is 2.17. The van der Waals surface area contributed by atoms with E-state index in [2.05, 4.69) is 27.9 Å². The highest BCUT2D eigenvalue weighted by molar-refractivity contribution is 14.1. The number of hydrogen-bond acceptors (Lipinski definition) is 2. The van der Waals surface area contributed by atoms with E-state index in [1.54, 1.807) is 13.2 Å². The summed E-state index contributed by atoms with van der Waals surface area (Å²) < 4.78 is 6.07. The highest BCUT2D eigenvalue weighted by Gasteiger charge is 2.10. The summed E-state index contributed by atoms with van der Waals surface area (Å²) in [5, 5.41) is 2.87. The van der Waals surface area contributed by atoms with Gasteiger partial charge in [0.05, 0.1) is 12.7 Å². The second-order valence-corrected chi connectivity index (χ2v) is 5.33. The highest BCUT2D eigenvalue weighted by Crippen LogP contribution is 2.19. The molecule has 0 spiro atoms. The fourth-order valence-corrected chi connectivity index (χ4v) is 2.62. The zero-order valence-corrected chi connectivity index (χ0v) is 12.9. The molecule has 0 aliphatic heterocycles. The van der Waals surface area contributed by atoms with Crippen molar-refractivity contribution < 1.29 is 9.53 Å². The van der Waals surface area contributed by atoms with Gasteiger partial charge in [0.1, 0.15) is 5.75 Å². The molecule has 0 heterocycles. The van der Waals surface area contributed by atoms with Crippen molar-refractivity contribution in [3.63, 3.8) is 0 Å². The van der Waals surface area contributed by atoms with E-state index in [1.165, 1.54) is 0 Å². The van der Waals surface area contributed by atoms with Crippen molar-refractivity contribution in [2.75, 3.05) is 12.4 Å². The molecule has 19 heavy (non-hydrogen) atoms. The average molecular weight is 367 g/mol. The van der Waals surface area contributed by atoms with Crippen LogP contribution in [-0.4, -0.2) is 13.0 Å². The first-order valence-electron chi connectivity index (χ1n) is 5.81. The summed E-state index contributed by atoms with van der Waals surface area (Å²) in [6.45, 7) is 2.01. The lowest BCUT2D eigenvalue weighted by molar-refractivity contribution is 0.102. The van der Waals surface area contributed by atoms with Crippen molar-refractivity contribution in [3.05, 3.63) is 57.2 Å². The minimum Gasteiger partial charge on any atom is -0.497 e. The van der Waals surface area contributed by atoms with E-state index >= 15 is 0 Å². The predicted molar refractivity (Wildman–Crippen MR) is 84.8 cm³/mol. The Labute approximate surface area is 126 Å². The number of rotatable bonds is 3. The molecule has 0 fully saturated rings. The average Bonchev–Trinajstić information content (AvgIpc) is 2.38. The fourth-order valence-electron chi connectivity index (χ4n) is 1.70. The third-order valence-corrected chi connectivity index (χ3v) is 3.59. The molecule has 0 aliphatic rings. The highest BCUT2D eigenvalue weighted by atomic mass is 127. The Balaban J connectivity index is 2.20. The summed E-state index contributed by atoms with van der Waals surface area (Å²) in [7, 11) is 1.60. The van der Waals surface area contributed by atoms with Crippen LogP contribution in [0.2, 0.25) is 0 Å². The molecule has 0 aromatic heterocycles. The van der Waals surface area contributed by atoms with Gasteiger partial charge in [-0.05, 0) is 53.8 Å². The monoisotopic (exact) mass is 367 g/mol. The summed E-state index contributed by atoms with van der Waals surface area (Å²) in [4.78, 5) is 12.2. The summed E-state index contributed by atoms with van der Waals surface area (Å²) in [5.74, 6) is 0.606. The van der Waals surface area contributed by atoms with E-state index in [1.807, 2.05) is 43.3 Å². The summed E-state index contributed by atoms with van der Waals surface area (Å²) in [6, 6.07) is 13.1. The van der Waals surface area contributed by atoms with Gasteiger partial charge in [0.15, 0.2) is 0 Å². The minimum atomic E-state index is -0.113. The van der Waals surface area contributed by atoms with E-state index in [0.29, 0.717) is 5.56 Å². The first-order valence-corrected chi connectivity index (χ1v) is 6.89. The van der Waals surface area contributed by atoms with Gasteiger partial charge in [0, 0.05) is 15.3 Å². The van der Waals surface area contributed by atoms with E-state index in [4.69, 9.17) is 4.74 Å². The minimum absolute atomic E-state index is 0.113. The van der Waals surface area contributed by atoms with Crippen molar-refractivity contribution in [2.45, 2.75) is 6.92 Å². The van der Waals surface area contributed by atoms with Crippen LogP contribution in [0.1, 0.15) is 15.9 Å². The maximum Gasteiger partial charge on any atom is 0.256 e. The maximum atomic E-state index is 12.2. The number of ether oxygens (including phenoxy) is 1. The van der Waals surface area contributed by atoms with Gasteiger partial charge in [0.25, 0.3) is 5.91 Å². The van der Waals surface area contributed by atoms with Crippen LogP contribution in [0.25, 0.3) is 0 Å². The number of carbonyl (C=O) groups excluding carboxylic acids is 1. The maximum absolute atomic E-state index is 12.2. The molecule has 2 aromatic rings. The quantitative estimate of drug-likeness (QED) is 0.837. The molecule has 4 heteroatoms. The Morgan fingerprint density at radius 3 is 2.68 bits per heavy atom. The van der Waals surface area contributed by atoms with Crippen LogP contribution in [0.15, 0.2) is 42.5 Å². The van der Waals surface area contributed by atoms with Crippen LogP contribution in [0.5, 0.6) is 5.75 Å². The van der Waals surface area contributed by atoms with Crippen LogP contribution in [0.4, 0.5) is 5.69 Å². The van der Waals surface area contributed by atoms with Gasteiger partial charge < -0.3 is 10.1 Å². The van der Waals surface area contributed by atoms with Gasteiger partial charge in [-0.3, -0.25) is 4.79 Å². The largest absolute Gasteiger partial charge is 0.497 e. The third kappa shape index (κ3) is 3.47. The fraction of sp³-hybridized carbons (Fsp3) is 0.133. The molecule has 3 nitrogen and oxygen atoms in total. The van der Waals surface area contributed by atoms with Gasteiger partial charge in [-0.2, -0.15) is 0 Å². The van der Waals surface area contributed by atoms with E-state index in [9.17, 15) is 4.79 Å². The van der Waals surface area contributed by atoms with Crippen molar-refractivity contribution in [2.24, 2.45) is 0 Å². The number of amides is 1. The van der Waals surface area contributed by atoms with E-state index in [0.717, 1.165) is 20.6 Å². The lowest BCUT2D eigenvalue weighted by Crippen LogP contribution is -2.13. The zero-order chi connectivity index (χ0) is 13.8. The molecule has 0 radical (unpaired) electrons. The molecule has 0 unspecified atom stereocenters. The Kier molecular flexibility index (Phi) is 4.42. The molecule has 0 saturated carbocycles. The number of carbonyl (C=O) groups is 1. The molecule has 0 aliphatic carbocycles. The van der Waals surface area contributed by atoms with Crippen molar-refractivity contribution in [1.29, 1.82) is 0 Å². The Morgan fingerprint density at radius 2 is 2.00 bits per heavy atom. The number of halogens is 1. The third-order valence-electron chi connectivity index (χ3n) is 2.70. The second kappa shape index (κ2) is 6.06. The number of hydrogen-bond donors (Lipinski definition) is 1. The number of anilines is 1. The van der Waals surface area contributed by atoms with Crippen molar-refractivity contribution >= 4 is 34.2 Å². The van der Waals surface area contributed by atoms with Gasteiger partial charge in [-0.15, -0.1) is 0 Å². The molecule has 2 aromatic carbocycles. The lowest BCUT2D eigenvalue weighted by atomic mass is 10.1. The Hall–Kier alpha value is -1.56. The molecule has 0 bridgehead atoms. The smallest absolute Gasteiger partial charge is 0.256 e. The van der Waals surface area contributed by atoms with Gasteiger partial charge >= 0.3 is 0 Å². The van der Waals surface area contributed by atoms with Crippen LogP contribution in [0.3, 0.4) is 0 Å². The Bertz CT molecular complexity index is 611. The molecule has 2 rings (SSSR count). The number of benzene rings is 2. The number of nitrogens with one attached hydrogen (secondary N) is 1. The molecule has 1 N–H and O–H groups in total.